The predicted octanol–water partition coefficient (Wildman–Crippen LogP) is 0.691. The molecule has 0 spiro atoms. The zero-order valence-corrected chi connectivity index (χ0v) is 11.6. The van der Waals surface area contributed by atoms with Gasteiger partial charge in [-0.3, -0.25) is 4.57 Å². The minimum Gasteiger partial charge on any atom is -0.461 e. The Kier molecular flexibility index (Phi) is 4.83. The highest BCUT2D eigenvalue weighted by Gasteiger charge is 2.07. The lowest BCUT2D eigenvalue weighted by Gasteiger charge is -2.08. The summed E-state index contributed by atoms with van der Waals surface area (Å²) in [6.45, 7) is 5.71. The van der Waals surface area contributed by atoms with Gasteiger partial charge in [-0.05, 0) is 5.92 Å². The third-order valence-corrected chi connectivity index (χ3v) is 2.27. The van der Waals surface area contributed by atoms with Crippen molar-refractivity contribution in [1.82, 2.24) is 24.5 Å². The fraction of sp³-hybridized carbons (Fsp3) is 0.500. The molecule has 0 aliphatic heterocycles. The van der Waals surface area contributed by atoms with Crippen molar-refractivity contribution in [3.8, 4) is 12.0 Å². The van der Waals surface area contributed by atoms with Crippen LogP contribution in [-0.2, 0) is 4.74 Å². The van der Waals surface area contributed by atoms with E-state index in [1.54, 1.807) is 23.3 Å². The zero-order chi connectivity index (χ0) is 14.4. The Morgan fingerprint density at radius 2 is 2.10 bits per heavy atom. The minimum absolute atomic E-state index is 0.0989. The molecule has 0 amide bonds. The van der Waals surface area contributed by atoms with Crippen molar-refractivity contribution in [1.29, 1.82) is 0 Å². The summed E-state index contributed by atoms with van der Waals surface area (Å²) >= 11 is 0. The summed E-state index contributed by atoms with van der Waals surface area (Å²) in [4.78, 5) is 16.0. The number of aromatic nitrogens is 5. The lowest BCUT2D eigenvalue weighted by Crippen LogP contribution is -2.13. The number of imidazole rings is 1. The molecule has 0 aliphatic carbocycles. The molecule has 0 aromatic carbocycles. The summed E-state index contributed by atoms with van der Waals surface area (Å²) in [6, 6.07) is 0.175. The van der Waals surface area contributed by atoms with Crippen molar-refractivity contribution in [2.75, 3.05) is 25.6 Å². The standard InChI is InChI=1S/C12H18N6O2/c1-9(2)7-19-5-6-20-12-16-10(13)15-11(17-12)18-4-3-14-8-18/h3-4,8-9H,5-7H2,1-2H3,(H2,13,15,16,17). The van der Waals surface area contributed by atoms with Gasteiger partial charge in [0.25, 0.3) is 0 Å². The van der Waals surface area contributed by atoms with Crippen molar-refractivity contribution in [2.45, 2.75) is 13.8 Å². The molecule has 2 aromatic heterocycles. The molecule has 108 valence electrons. The monoisotopic (exact) mass is 278 g/mol. The molecule has 2 rings (SSSR count). The maximum atomic E-state index is 5.63. The second-order valence-electron chi connectivity index (χ2n) is 4.56. The van der Waals surface area contributed by atoms with Crippen LogP contribution >= 0.6 is 0 Å². The normalized spacial score (nSPS) is 10.9. The highest BCUT2D eigenvalue weighted by molar-refractivity contribution is 5.24. The number of anilines is 1. The van der Waals surface area contributed by atoms with Crippen LogP contribution in [0, 0.1) is 5.92 Å². The molecule has 0 aliphatic rings. The lowest BCUT2D eigenvalue weighted by molar-refractivity contribution is 0.0791. The number of nitrogens with zero attached hydrogens (tertiary/aromatic N) is 5. The molecule has 0 saturated carbocycles. The highest BCUT2D eigenvalue weighted by Crippen LogP contribution is 2.08. The maximum Gasteiger partial charge on any atom is 0.323 e. The predicted molar refractivity (Wildman–Crippen MR) is 72.5 cm³/mol. The molecule has 8 nitrogen and oxygen atoms in total. The van der Waals surface area contributed by atoms with Gasteiger partial charge in [0.15, 0.2) is 0 Å². The number of nitrogen functional groups attached to an aromatic ring is 1. The largest absolute Gasteiger partial charge is 0.461 e. The van der Waals surface area contributed by atoms with Gasteiger partial charge in [-0.25, -0.2) is 4.98 Å². The quantitative estimate of drug-likeness (QED) is 0.743. The Balaban J connectivity index is 1.92. The van der Waals surface area contributed by atoms with Crippen LogP contribution in [0.4, 0.5) is 5.95 Å². The molecule has 2 N–H and O–H groups in total. The first kappa shape index (κ1) is 14.2. The second kappa shape index (κ2) is 6.80. The molecule has 2 heterocycles. The molecule has 2 aromatic rings. The van der Waals surface area contributed by atoms with Gasteiger partial charge in [-0.2, -0.15) is 15.0 Å². The highest BCUT2D eigenvalue weighted by atomic mass is 16.5. The lowest BCUT2D eigenvalue weighted by atomic mass is 10.2. The number of nitrogens with two attached hydrogens (primary N) is 1. The van der Waals surface area contributed by atoms with E-state index in [0.717, 1.165) is 0 Å². The minimum atomic E-state index is 0.0989. The van der Waals surface area contributed by atoms with Crippen LogP contribution in [0.5, 0.6) is 6.01 Å². The van der Waals surface area contributed by atoms with E-state index in [-0.39, 0.29) is 12.0 Å². The number of ether oxygens (including phenoxy) is 2. The van der Waals surface area contributed by atoms with E-state index in [1.807, 2.05) is 0 Å². The fourth-order valence-corrected chi connectivity index (χ4v) is 1.43. The van der Waals surface area contributed by atoms with E-state index in [1.165, 1.54) is 0 Å². The molecular formula is C12H18N6O2. The van der Waals surface area contributed by atoms with Crippen molar-refractivity contribution in [2.24, 2.45) is 5.92 Å². The number of hydrogen-bond acceptors (Lipinski definition) is 7. The summed E-state index contributed by atoms with van der Waals surface area (Å²) in [6.07, 6.45) is 4.91. The summed E-state index contributed by atoms with van der Waals surface area (Å²) < 4.78 is 12.4. The summed E-state index contributed by atoms with van der Waals surface area (Å²) in [7, 11) is 0. The van der Waals surface area contributed by atoms with Gasteiger partial charge in [0, 0.05) is 19.0 Å². The van der Waals surface area contributed by atoms with Crippen molar-refractivity contribution < 1.29 is 9.47 Å². The van der Waals surface area contributed by atoms with E-state index < -0.39 is 0 Å². The average molecular weight is 278 g/mol. The van der Waals surface area contributed by atoms with Crippen LogP contribution in [0.1, 0.15) is 13.8 Å². The summed E-state index contributed by atoms with van der Waals surface area (Å²) in [5.74, 6) is 0.963. The molecule has 0 saturated heterocycles. The molecule has 0 unspecified atom stereocenters. The summed E-state index contributed by atoms with van der Waals surface area (Å²) in [5.41, 5.74) is 5.63. The third-order valence-electron chi connectivity index (χ3n) is 2.27. The van der Waals surface area contributed by atoms with E-state index in [0.29, 0.717) is 31.7 Å². The van der Waals surface area contributed by atoms with Gasteiger partial charge < -0.3 is 15.2 Å². The van der Waals surface area contributed by atoms with Gasteiger partial charge in [-0.1, -0.05) is 13.8 Å². The first-order valence-corrected chi connectivity index (χ1v) is 6.35. The van der Waals surface area contributed by atoms with Crippen LogP contribution in [0.3, 0.4) is 0 Å². The van der Waals surface area contributed by atoms with Crippen molar-refractivity contribution in [3.05, 3.63) is 18.7 Å². The molecule has 0 radical (unpaired) electrons. The Morgan fingerprint density at radius 1 is 1.25 bits per heavy atom. The zero-order valence-electron chi connectivity index (χ0n) is 11.6. The van der Waals surface area contributed by atoms with Crippen molar-refractivity contribution in [3.63, 3.8) is 0 Å². The Morgan fingerprint density at radius 3 is 2.80 bits per heavy atom. The third kappa shape index (κ3) is 4.16. The molecule has 0 fully saturated rings. The Labute approximate surface area is 117 Å². The van der Waals surface area contributed by atoms with E-state index in [9.17, 15) is 0 Å². The molecule has 20 heavy (non-hydrogen) atoms. The van der Waals surface area contributed by atoms with Gasteiger partial charge in [0.05, 0.1) is 6.61 Å². The maximum absolute atomic E-state index is 5.63. The molecular weight excluding hydrogens is 260 g/mol. The number of rotatable bonds is 7. The van der Waals surface area contributed by atoms with Crippen LogP contribution < -0.4 is 10.5 Å². The molecule has 0 bridgehead atoms. The molecule has 0 atom stereocenters. The van der Waals surface area contributed by atoms with Crippen LogP contribution in [-0.4, -0.2) is 44.3 Å². The smallest absolute Gasteiger partial charge is 0.323 e. The van der Waals surface area contributed by atoms with E-state index in [2.05, 4.69) is 33.8 Å². The van der Waals surface area contributed by atoms with Crippen LogP contribution in [0.15, 0.2) is 18.7 Å². The number of hydrogen-bond donors (Lipinski definition) is 1. The fourth-order valence-electron chi connectivity index (χ4n) is 1.43. The second-order valence-corrected chi connectivity index (χ2v) is 4.56. The Hall–Kier alpha value is -2.22. The van der Waals surface area contributed by atoms with Gasteiger partial charge >= 0.3 is 6.01 Å². The topological polar surface area (TPSA) is 101 Å². The first-order chi connectivity index (χ1) is 9.65. The van der Waals surface area contributed by atoms with E-state index >= 15 is 0 Å². The summed E-state index contributed by atoms with van der Waals surface area (Å²) in [5, 5.41) is 0. The van der Waals surface area contributed by atoms with Crippen molar-refractivity contribution >= 4 is 5.95 Å². The van der Waals surface area contributed by atoms with Gasteiger partial charge in [-0.15, -0.1) is 0 Å². The Bertz CT molecular complexity index is 529. The van der Waals surface area contributed by atoms with Gasteiger partial charge in [0.2, 0.25) is 11.9 Å². The van der Waals surface area contributed by atoms with Gasteiger partial charge in [0.1, 0.15) is 12.9 Å². The first-order valence-electron chi connectivity index (χ1n) is 6.35. The van der Waals surface area contributed by atoms with Crippen LogP contribution in [0.25, 0.3) is 5.95 Å². The SMILES string of the molecule is CC(C)COCCOc1nc(N)nc(-n2ccnc2)n1. The average Bonchev–Trinajstić information content (AvgIpc) is 2.91. The van der Waals surface area contributed by atoms with E-state index in [4.69, 9.17) is 15.2 Å². The van der Waals surface area contributed by atoms with Crippen LogP contribution in [0.2, 0.25) is 0 Å². The molecule has 8 heteroatoms.